The molecule has 0 aliphatic carbocycles. The molecule has 5 heteroatoms. The molecule has 2 aromatic rings. The summed E-state index contributed by atoms with van der Waals surface area (Å²) in [6.07, 6.45) is 4.51. The fourth-order valence-corrected chi connectivity index (χ4v) is 3.20. The van der Waals surface area contributed by atoms with E-state index in [1.165, 1.54) is 30.5 Å². The first kappa shape index (κ1) is 22.0. The van der Waals surface area contributed by atoms with Gasteiger partial charge in [-0.15, -0.1) is 0 Å². The van der Waals surface area contributed by atoms with Gasteiger partial charge in [-0.05, 0) is 42.5 Å². The van der Waals surface area contributed by atoms with Gasteiger partial charge in [-0.3, -0.25) is 9.69 Å². The van der Waals surface area contributed by atoms with Gasteiger partial charge in [0, 0.05) is 25.2 Å². The molecule has 28 heavy (non-hydrogen) atoms. The van der Waals surface area contributed by atoms with Crippen LogP contribution in [0, 0.1) is 18.6 Å². The van der Waals surface area contributed by atoms with Crippen LogP contribution in [0.3, 0.4) is 0 Å². The van der Waals surface area contributed by atoms with E-state index < -0.39 is 17.6 Å². The van der Waals surface area contributed by atoms with Crippen LogP contribution in [0.4, 0.5) is 8.78 Å². The van der Waals surface area contributed by atoms with Crippen LogP contribution in [0.2, 0.25) is 0 Å². The lowest BCUT2D eigenvalue weighted by Crippen LogP contribution is -2.27. The molecule has 0 saturated carbocycles. The number of aryl methyl sites for hydroxylation is 2. The van der Waals surface area contributed by atoms with E-state index in [2.05, 4.69) is 19.1 Å². The Labute approximate surface area is 166 Å². The monoisotopic (exact) mass is 389 g/mol. The molecule has 0 aliphatic heterocycles. The van der Waals surface area contributed by atoms with Crippen LogP contribution in [0.15, 0.2) is 36.4 Å². The number of hydrogen-bond acceptors (Lipinski definition) is 2. The van der Waals surface area contributed by atoms with E-state index in [4.69, 9.17) is 5.11 Å². The average Bonchev–Trinajstić information content (AvgIpc) is 2.67. The van der Waals surface area contributed by atoms with Crippen LogP contribution in [0.25, 0.3) is 0 Å². The Morgan fingerprint density at radius 2 is 1.68 bits per heavy atom. The van der Waals surface area contributed by atoms with Crippen LogP contribution in [0.1, 0.15) is 54.9 Å². The first-order valence-electron chi connectivity index (χ1n) is 9.86. The lowest BCUT2D eigenvalue weighted by atomic mass is 10.0. The van der Waals surface area contributed by atoms with Gasteiger partial charge in [-0.2, -0.15) is 0 Å². The molecule has 0 atom stereocenters. The predicted molar refractivity (Wildman–Crippen MR) is 107 cm³/mol. The van der Waals surface area contributed by atoms with Crippen molar-refractivity contribution < 1.29 is 18.7 Å². The molecule has 0 heterocycles. The van der Waals surface area contributed by atoms with Crippen molar-refractivity contribution in [3.05, 3.63) is 70.3 Å². The summed E-state index contributed by atoms with van der Waals surface area (Å²) in [6.45, 7) is 4.46. The molecular weight excluding hydrogens is 360 g/mol. The fraction of sp³-hybridized carbons (Fsp3) is 0.435. The second-order valence-electron chi connectivity index (χ2n) is 7.28. The third-order valence-electron chi connectivity index (χ3n) is 4.90. The van der Waals surface area contributed by atoms with Gasteiger partial charge < -0.3 is 5.11 Å². The minimum Gasteiger partial charge on any atom is -0.481 e. The van der Waals surface area contributed by atoms with Crippen molar-refractivity contribution in [2.24, 2.45) is 0 Å². The lowest BCUT2D eigenvalue weighted by Gasteiger charge is -2.23. The highest BCUT2D eigenvalue weighted by atomic mass is 19.1. The zero-order valence-corrected chi connectivity index (χ0v) is 16.7. The quantitative estimate of drug-likeness (QED) is 0.517. The molecule has 0 amide bonds. The van der Waals surface area contributed by atoms with Crippen LogP contribution in [-0.2, 0) is 24.3 Å². The second kappa shape index (κ2) is 10.9. The third-order valence-corrected chi connectivity index (χ3v) is 4.90. The first-order chi connectivity index (χ1) is 13.4. The van der Waals surface area contributed by atoms with Crippen LogP contribution in [-0.4, -0.2) is 22.5 Å². The molecule has 0 spiro atoms. The highest BCUT2D eigenvalue weighted by molar-refractivity contribution is 5.66. The third kappa shape index (κ3) is 6.71. The van der Waals surface area contributed by atoms with Gasteiger partial charge in [0.2, 0.25) is 0 Å². The number of rotatable bonds is 11. The van der Waals surface area contributed by atoms with E-state index >= 15 is 0 Å². The Hall–Kier alpha value is -2.27. The van der Waals surface area contributed by atoms with Gasteiger partial charge in [-0.25, -0.2) is 8.78 Å². The normalized spacial score (nSPS) is 11.2. The predicted octanol–water partition coefficient (Wildman–Crippen LogP) is 5.48. The molecule has 0 unspecified atom stereocenters. The summed E-state index contributed by atoms with van der Waals surface area (Å²) in [7, 11) is 0. The Kier molecular flexibility index (Phi) is 8.58. The molecule has 0 radical (unpaired) electrons. The van der Waals surface area contributed by atoms with Gasteiger partial charge in [0.05, 0.1) is 6.42 Å². The number of carboxylic acid groups (broad SMARTS) is 1. The van der Waals surface area contributed by atoms with E-state index in [9.17, 15) is 13.6 Å². The van der Waals surface area contributed by atoms with Crippen molar-refractivity contribution in [1.82, 2.24) is 4.90 Å². The molecule has 0 aromatic heterocycles. The van der Waals surface area contributed by atoms with E-state index in [0.717, 1.165) is 18.4 Å². The maximum Gasteiger partial charge on any atom is 0.304 e. The minimum atomic E-state index is -0.929. The largest absolute Gasteiger partial charge is 0.481 e. The van der Waals surface area contributed by atoms with E-state index in [0.29, 0.717) is 12.1 Å². The van der Waals surface area contributed by atoms with Crippen molar-refractivity contribution in [3.8, 4) is 0 Å². The van der Waals surface area contributed by atoms with E-state index in [1.807, 2.05) is 12.1 Å². The molecule has 0 fully saturated rings. The smallest absolute Gasteiger partial charge is 0.304 e. The number of nitrogens with zero attached hydrogens (tertiary/aromatic N) is 1. The van der Waals surface area contributed by atoms with Crippen molar-refractivity contribution in [3.63, 3.8) is 0 Å². The molecule has 0 saturated heterocycles. The lowest BCUT2D eigenvalue weighted by molar-refractivity contribution is -0.137. The van der Waals surface area contributed by atoms with Crippen LogP contribution >= 0.6 is 0 Å². The summed E-state index contributed by atoms with van der Waals surface area (Å²) in [5.74, 6) is -2.09. The number of hydrogen-bond donors (Lipinski definition) is 1. The maximum atomic E-state index is 14.4. The highest BCUT2D eigenvalue weighted by Crippen LogP contribution is 2.20. The molecule has 2 aromatic carbocycles. The molecule has 0 aliphatic rings. The van der Waals surface area contributed by atoms with Gasteiger partial charge in [0.25, 0.3) is 0 Å². The minimum absolute atomic E-state index is 0.0124. The van der Waals surface area contributed by atoms with Gasteiger partial charge in [-0.1, -0.05) is 50.1 Å². The Bertz CT molecular complexity index is 775. The first-order valence-corrected chi connectivity index (χ1v) is 9.86. The zero-order valence-electron chi connectivity index (χ0n) is 16.7. The molecule has 2 rings (SSSR count). The highest BCUT2D eigenvalue weighted by Gasteiger charge is 2.17. The van der Waals surface area contributed by atoms with Crippen molar-refractivity contribution in [2.45, 2.75) is 59.0 Å². The zero-order chi connectivity index (χ0) is 20.5. The number of carboxylic acids is 1. The summed E-state index contributed by atoms with van der Waals surface area (Å²) in [6, 6.07) is 10.8. The van der Waals surface area contributed by atoms with Gasteiger partial charge >= 0.3 is 5.97 Å². The molecule has 152 valence electrons. The summed E-state index contributed by atoms with van der Waals surface area (Å²) >= 11 is 0. The van der Waals surface area contributed by atoms with Gasteiger partial charge in [0.1, 0.15) is 11.6 Å². The van der Waals surface area contributed by atoms with Crippen molar-refractivity contribution >= 4 is 5.97 Å². The summed E-state index contributed by atoms with van der Waals surface area (Å²) < 4.78 is 28.5. The average molecular weight is 389 g/mol. The van der Waals surface area contributed by atoms with E-state index in [-0.39, 0.29) is 25.1 Å². The van der Waals surface area contributed by atoms with Crippen LogP contribution in [0.5, 0.6) is 0 Å². The Morgan fingerprint density at radius 3 is 2.32 bits per heavy atom. The standard InChI is InChI=1S/C23H29F2NO2/c1-3-4-5-6-18-8-10-19(11-9-18)15-26(14-13-22(27)28)16-20-21(24)12-7-17(2)23(20)25/h7-12H,3-6,13-16H2,1-2H3,(H,27,28). The van der Waals surface area contributed by atoms with Crippen molar-refractivity contribution in [1.29, 1.82) is 0 Å². The van der Waals surface area contributed by atoms with E-state index in [1.54, 1.807) is 11.8 Å². The topological polar surface area (TPSA) is 40.5 Å². The number of unbranched alkanes of at least 4 members (excludes halogenated alkanes) is 2. The Morgan fingerprint density at radius 1 is 1.00 bits per heavy atom. The van der Waals surface area contributed by atoms with Crippen molar-refractivity contribution in [2.75, 3.05) is 6.54 Å². The van der Waals surface area contributed by atoms with Crippen LogP contribution < -0.4 is 0 Å². The second-order valence-corrected chi connectivity index (χ2v) is 7.28. The summed E-state index contributed by atoms with van der Waals surface area (Å²) in [5, 5.41) is 9.01. The molecule has 1 N–H and O–H groups in total. The number of aliphatic carboxylic acids is 1. The number of halogens is 2. The molecular formula is C23H29F2NO2. The molecule has 0 bridgehead atoms. The maximum absolute atomic E-state index is 14.4. The van der Waals surface area contributed by atoms with Gasteiger partial charge in [0.15, 0.2) is 0 Å². The summed E-state index contributed by atoms with van der Waals surface area (Å²) in [5.41, 5.74) is 2.63. The fourth-order valence-electron chi connectivity index (χ4n) is 3.20. The number of carbonyl (C=O) groups is 1. The Balaban J connectivity index is 2.11. The number of benzene rings is 2. The SMILES string of the molecule is CCCCCc1ccc(CN(CCC(=O)O)Cc2c(F)ccc(C)c2F)cc1. The summed E-state index contributed by atoms with van der Waals surface area (Å²) in [4.78, 5) is 12.8. The molecule has 3 nitrogen and oxygen atoms in total.